The van der Waals surface area contributed by atoms with Gasteiger partial charge >= 0.3 is 0 Å². The molecule has 0 amide bonds. The molecule has 2 aliphatic rings. The Bertz CT molecular complexity index is 491. The Kier molecular flexibility index (Phi) is 7.85. The molecule has 0 N–H and O–H groups in total. The number of hydrogen-bond donors (Lipinski definition) is 0. The summed E-state index contributed by atoms with van der Waals surface area (Å²) >= 11 is 0. The third-order valence-corrected chi connectivity index (χ3v) is 4.49. The van der Waals surface area contributed by atoms with E-state index in [2.05, 4.69) is 34.1 Å². The molecule has 0 radical (unpaired) electrons. The Morgan fingerprint density at radius 2 is 1.35 bits per heavy atom. The molecular weight excluding hydrogens is 332 g/mol. The maximum Gasteiger partial charge on any atom is 0.0993 e. The van der Waals surface area contributed by atoms with Crippen LogP contribution in [0.2, 0.25) is 0 Å². The fourth-order valence-corrected chi connectivity index (χ4v) is 3.03. The predicted octanol–water partition coefficient (Wildman–Crippen LogP) is 2.08. The summed E-state index contributed by atoms with van der Waals surface area (Å²) < 4.78 is 22.0. The summed E-state index contributed by atoms with van der Waals surface area (Å²) in [5.74, 6) is 0. The van der Waals surface area contributed by atoms with Gasteiger partial charge in [0.25, 0.3) is 0 Å². The van der Waals surface area contributed by atoms with Gasteiger partial charge in [0, 0.05) is 39.4 Å². The molecule has 0 saturated carbocycles. The van der Waals surface area contributed by atoms with Crippen LogP contribution >= 0.6 is 0 Å². The van der Waals surface area contributed by atoms with Gasteiger partial charge in [0.05, 0.1) is 38.9 Å². The summed E-state index contributed by atoms with van der Waals surface area (Å²) in [7, 11) is 0. The predicted molar refractivity (Wildman–Crippen MR) is 99.7 cm³/mol. The number of ether oxygens (including phenoxy) is 4. The Labute approximate surface area is 157 Å². The third kappa shape index (κ3) is 7.31. The summed E-state index contributed by atoms with van der Waals surface area (Å²) in [5.41, 5.74) is 2.61. The molecule has 1 aromatic carbocycles. The quantitative estimate of drug-likeness (QED) is 0.372. The van der Waals surface area contributed by atoms with Crippen molar-refractivity contribution in [1.29, 1.82) is 0 Å². The smallest absolute Gasteiger partial charge is 0.0993 e. The fraction of sp³-hybridized carbons (Fsp3) is 0.700. The molecular formula is C20H32N2O4. The van der Waals surface area contributed by atoms with E-state index < -0.39 is 0 Å². The second-order valence-electron chi connectivity index (χ2n) is 7.00. The normalized spacial score (nSPS) is 21.5. The molecule has 0 aromatic heterocycles. The highest BCUT2D eigenvalue weighted by Gasteiger charge is 2.26. The lowest BCUT2D eigenvalue weighted by Crippen LogP contribution is -2.31. The van der Waals surface area contributed by atoms with Gasteiger partial charge in [-0.05, 0) is 25.0 Å². The van der Waals surface area contributed by atoms with E-state index in [4.69, 9.17) is 18.9 Å². The van der Waals surface area contributed by atoms with E-state index >= 15 is 0 Å². The van der Waals surface area contributed by atoms with Crippen molar-refractivity contribution in [2.24, 2.45) is 0 Å². The summed E-state index contributed by atoms with van der Waals surface area (Å²) in [6.07, 6.45) is 0.748. The molecule has 3 rings (SSSR count). The highest BCUT2D eigenvalue weighted by Crippen LogP contribution is 2.17. The van der Waals surface area contributed by atoms with Gasteiger partial charge in [-0.3, -0.25) is 9.80 Å². The van der Waals surface area contributed by atoms with Crippen LogP contribution in [0.15, 0.2) is 24.3 Å². The van der Waals surface area contributed by atoms with Gasteiger partial charge < -0.3 is 18.9 Å². The number of epoxide rings is 2. The lowest BCUT2D eigenvalue weighted by molar-refractivity contribution is 0.0260. The molecule has 0 aliphatic carbocycles. The molecule has 0 bridgehead atoms. The van der Waals surface area contributed by atoms with Crippen molar-refractivity contribution < 1.29 is 18.9 Å². The molecule has 1 aromatic rings. The van der Waals surface area contributed by atoms with E-state index in [1.807, 2.05) is 13.8 Å². The summed E-state index contributed by atoms with van der Waals surface area (Å²) in [5, 5.41) is 0. The molecule has 6 heteroatoms. The molecule has 6 nitrogen and oxygen atoms in total. The van der Waals surface area contributed by atoms with E-state index in [1.165, 1.54) is 11.1 Å². The Balaban J connectivity index is 1.56. The average Bonchev–Trinajstić information content (AvgIpc) is 3.54. The summed E-state index contributed by atoms with van der Waals surface area (Å²) in [6.45, 7) is 12.2. The van der Waals surface area contributed by atoms with Crippen LogP contribution in [0.25, 0.3) is 0 Å². The molecule has 2 aliphatic heterocycles. The maximum atomic E-state index is 5.62. The van der Waals surface area contributed by atoms with Crippen LogP contribution in [0.5, 0.6) is 0 Å². The minimum absolute atomic E-state index is 0.374. The van der Waals surface area contributed by atoms with Crippen LogP contribution in [-0.2, 0) is 32.0 Å². The Hall–Kier alpha value is -1.02. The van der Waals surface area contributed by atoms with E-state index in [9.17, 15) is 0 Å². The molecule has 2 heterocycles. The van der Waals surface area contributed by atoms with E-state index in [0.717, 1.165) is 52.6 Å². The first-order chi connectivity index (χ1) is 12.8. The average molecular weight is 364 g/mol. The zero-order valence-electron chi connectivity index (χ0n) is 16.1. The minimum atomic E-state index is 0.374. The number of benzene rings is 1. The Morgan fingerprint density at radius 1 is 0.885 bits per heavy atom. The first kappa shape index (κ1) is 19.7. The zero-order chi connectivity index (χ0) is 18.2. The standard InChI is InChI=1S/C20H32N2O4/c1-3-23-15-21(11-19-13-25-19)9-17-6-5-7-18(8-17)10-22(16-24-4-2)12-20-14-26-20/h5-8,19-20H,3-4,9-16H2,1-2H3. The third-order valence-electron chi connectivity index (χ3n) is 4.49. The van der Waals surface area contributed by atoms with Gasteiger partial charge in [-0.25, -0.2) is 0 Å². The van der Waals surface area contributed by atoms with Crippen LogP contribution in [0, 0.1) is 0 Å². The number of rotatable bonds is 14. The van der Waals surface area contributed by atoms with Crippen LogP contribution in [0.3, 0.4) is 0 Å². The monoisotopic (exact) mass is 364 g/mol. The van der Waals surface area contributed by atoms with Gasteiger partial charge in [0.15, 0.2) is 0 Å². The first-order valence-electron chi connectivity index (χ1n) is 9.68. The number of nitrogens with zero attached hydrogens (tertiary/aromatic N) is 2. The van der Waals surface area contributed by atoms with Crippen molar-refractivity contribution in [2.75, 3.05) is 53.0 Å². The molecule has 2 saturated heterocycles. The van der Waals surface area contributed by atoms with Gasteiger partial charge in [0.1, 0.15) is 0 Å². The highest BCUT2D eigenvalue weighted by atomic mass is 16.6. The van der Waals surface area contributed by atoms with Crippen LogP contribution in [0.1, 0.15) is 25.0 Å². The maximum absolute atomic E-state index is 5.62. The molecule has 2 unspecified atom stereocenters. The number of hydrogen-bond acceptors (Lipinski definition) is 6. The minimum Gasteiger partial charge on any atom is -0.372 e. The highest BCUT2D eigenvalue weighted by molar-refractivity contribution is 5.23. The molecule has 146 valence electrons. The largest absolute Gasteiger partial charge is 0.372 e. The van der Waals surface area contributed by atoms with Crippen molar-refractivity contribution in [3.05, 3.63) is 35.4 Å². The fourth-order valence-electron chi connectivity index (χ4n) is 3.03. The van der Waals surface area contributed by atoms with E-state index in [1.54, 1.807) is 0 Å². The lowest BCUT2D eigenvalue weighted by atomic mass is 10.1. The second-order valence-corrected chi connectivity index (χ2v) is 7.00. The Morgan fingerprint density at radius 3 is 1.73 bits per heavy atom. The van der Waals surface area contributed by atoms with E-state index in [0.29, 0.717) is 25.7 Å². The lowest BCUT2D eigenvalue weighted by Gasteiger charge is -2.23. The topological polar surface area (TPSA) is 50.0 Å². The second kappa shape index (κ2) is 10.3. The molecule has 0 spiro atoms. The van der Waals surface area contributed by atoms with Crippen LogP contribution < -0.4 is 0 Å². The van der Waals surface area contributed by atoms with Crippen LogP contribution in [0.4, 0.5) is 0 Å². The summed E-state index contributed by atoms with van der Waals surface area (Å²) in [4.78, 5) is 4.63. The van der Waals surface area contributed by atoms with Crippen molar-refractivity contribution in [2.45, 2.75) is 39.1 Å². The van der Waals surface area contributed by atoms with Crippen LogP contribution in [-0.4, -0.2) is 75.0 Å². The van der Waals surface area contributed by atoms with Crippen molar-refractivity contribution in [3.63, 3.8) is 0 Å². The van der Waals surface area contributed by atoms with Crippen molar-refractivity contribution in [1.82, 2.24) is 9.80 Å². The SMILES string of the molecule is CCOCN(Cc1cccc(CN(COCC)CC2CO2)c1)CC1CO1. The van der Waals surface area contributed by atoms with Gasteiger partial charge in [-0.2, -0.15) is 0 Å². The molecule has 2 fully saturated rings. The van der Waals surface area contributed by atoms with Crippen molar-refractivity contribution in [3.8, 4) is 0 Å². The van der Waals surface area contributed by atoms with E-state index in [-0.39, 0.29) is 0 Å². The zero-order valence-corrected chi connectivity index (χ0v) is 16.1. The van der Waals surface area contributed by atoms with Gasteiger partial charge in [0.2, 0.25) is 0 Å². The van der Waals surface area contributed by atoms with Gasteiger partial charge in [-0.15, -0.1) is 0 Å². The molecule has 2 atom stereocenters. The summed E-state index contributed by atoms with van der Waals surface area (Å²) in [6, 6.07) is 8.81. The van der Waals surface area contributed by atoms with Gasteiger partial charge in [-0.1, -0.05) is 24.3 Å². The van der Waals surface area contributed by atoms with Crippen molar-refractivity contribution >= 4 is 0 Å². The molecule has 26 heavy (non-hydrogen) atoms. The first-order valence-corrected chi connectivity index (χ1v) is 9.68.